The van der Waals surface area contributed by atoms with Crippen LogP contribution in [0.2, 0.25) is 0 Å². The summed E-state index contributed by atoms with van der Waals surface area (Å²) in [6.45, 7) is 4.57. The van der Waals surface area contributed by atoms with Gasteiger partial charge in [0.2, 0.25) is 5.91 Å². The summed E-state index contributed by atoms with van der Waals surface area (Å²) in [5, 5.41) is 8.83. The Bertz CT molecular complexity index is 311. The summed E-state index contributed by atoms with van der Waals surface area (Å²) in [5.74, 6) is -0.833. The molecule has 0 saturated heterocycles. The number of hydrogen-bond donors (Lipinski definition) is 2. The van der Waals surface area contributed by atoms with Gasteiger partial charge in [-0.3, -0.25) is 9.59 Å². The molecule has 3 N–H and O–H groups in total. The van der Waals surface area contributed by atoms with E-state index in [1.54, 1.807) is 11.8 Å². The van der Waals surface area contributed by atoms with Crippen LogP contribution in [-0.2, 0) is 9.59 Å². The lowest BCUT2D eigenvalue weighted by Crippen LogP contribution is -2.50. The van der Waals surface area contributed by atoms with Gasteiger partial charge in [0.15, 0.2) is 0 Å². The molecule has 0 aromatic carbocycles. The molecule has 1 amide bonds. The molecule has 1 aliphatic carbocycles. The average Bonchev–Trinajstić information content (AvgIpc) is 2.78. The van der Waals surface area contributed by atoms with Crippen LogP contribution in [0, 0.1) is 5.41 Å². The van der Waals surface area contributed by atoms with Gasteiger partial charge in [0.25, 0.3) is 0 Å². The molecule has 1 saturated carbocycles. The molecule has 1 aliphatic rings. The maximum Gasteiger partial charge on any atom is 0.305 e. The third-order valence-corrected chi connectivity index (χ3v) is 4.01. The molecule has 0 bridgehead atoms. The Hall–Kier alpha value is -1.10. The number of nitrogens with two attached hydrogens (primary N) is 1. The molecule has 18 heavy (non-hydrogen) atoms. The highest BCUT2D eigenvalue weighted by Crippen LogP contribution is 2.39. The molecule has 0 aromatic rings. The summed E-state index contributed by atoms with van der Waals surface area (Å²) in [5.41, 5.74) is 5.36. The summed E-state index contributed by atoms with van der Waals surface area (Å²) in [6, 6.07) is -0.274. The number of carbonyl (C=O) groups is 2. The number of hydrogen-bond acceptors (Lipinski definition) is 3. The van der Waals surface area contributed by atoms with Crippen molar-refractivity contribution in [2.75, 3.05) is 13.1 Å². The number of nitrogens with zero attached hydrogens (tertiary/aromatic N) is 1. The van der Waals surface area contributed by atoms with Crippen LogP contribution in [0.25, 0.3) is 0 Å². The molecule has 0 aromatic heterocycles. The molecule has 0 heterocycles. The second-order valence-electron chi connectivity index (χ2n) is 5.23. The highest BCUT2D eigenvalue weighted by molar-refractivity contribution is 5.84. The van der Waals surface area contributed by atoms with E-state index in [1.165, 1.54) is 0 Å². The van der Waals surface area contributed by atoms with Crippen molar-refractivity contribution in [2.24, 2.45) is 11.1 Å². The first kappa shape index (κ1) is 15.0. The van der Waals surface area contributed by atoms with Gasteiger partial charge < -0.3 is 15.7 Å². The summed E-state index contributed by atoms with van der Waals surface area (Å²) in [6.07, 6.45) is 3.72. The van der Waals surface area contributed by atoms with Gasteiger partial charge >= 0.3 is 5.97 Å². The van der Waals surface area contributed by atoms with E-state index in [2.05, 4.69) is 0 Å². The zero-order chi connectivity index (χ0) is 13.8. The second kappa shape index (κ2) is 6.18. The van der Waals surface area contributed by atoms with Crippen molar-refractivity contribution in [3.05, 3.63) is 0 Å². The van der Waals surface area contributed by atoms with Crippen LogP contribution < -0.4 is 5.73 Å². The monoisotopic (exact) mass is 256 g/mol. The molecule has 5 heteroatoms. The standard InChI is InChI=1S/C13H24N2O3/c1-3-15(10(2)8-11(16)17)12(18)13(9-14)6-4-5-7-13/h10H,3-9,14H2,1-2H3,(H,16,17). The van der Waals surface area contributed by atoms with Crippen molar-refractivity contribution in [1.82, 2.24) is 4.90 Å². The van der Waals surface area contributed by atoms with Gasteiger partial charge in [-0.15, -0.1) is 0 Å². The maximum atomic E-state index is 12.6. The van der Waals surface area contributed by atoms with E-state index < -0.39 is 11.4 Å². The Morgan fingerprint density at radius 2 is 1.94 bits per heavy atom. The van der Waals surface area contributed by atoms with Gasteiger partial charge in [0.1, 0.15) is 0 Å². The van der Waals surface area contributed by atoms with Crippen LogP contribution >= 0.6 is 0 Å². The van der Waals surface area contributed by atoms with Gasteiger partial charge in [-0.1, -0.05) is 12.8 Å². The zero-order valence-electron chi connectivity index (χ0n) is 11.3. The smallest absolute Gasteiger partial charge is 0.305 e. The third kappa shape index (κ3) is 3.02. The highest BCUT2D eigenvalue weighted by atomic mass is 16.4. The van der Waals surface area contributed by atoms with Crippen LogP contribution in [0.1, 0.15) is 46.0 Å². The first-order chi connectivity index (χ1) is 8.46. The van der Waals surface area contributed by atoms with Gasteiger partial charge in [-0.05, 0) is 26.7 Å². The lowest BCUT2D eigenvalue weighted by Gasteiger charge is -2.36. The topological polar surface area (TPSA) is 83.6 Å². The fourth-order valence-electron chi connectivity index (χ4n) is 2.88. The van der Waals surface area contributed by atoms with Gasteiger partial charge in [0, 0.05) is 19.1 Å². The lowest BCUT2D eigenvalue weighted by molar-refractivity contribution is -0.145. The SMILES string of the molecule is CCN(C(=O)C1(CN)CCCC1)C(C)CC(=O)O. The fraction of sp³-hybridized carbons (Fsp3) is 0.846. The van der Waals surface area contributed by atoms with Gasteiger partial charge in [-0.25, -0.2) is 0 Å². The van der Waals surface area contributed by atoms with E-state index in [0.29, 0.717) is 13.1 Å². The molecular weight excluding hydrogens is 232 g/mol. The van der Waals surface area contributed by atoms with Crippen molar-refractivity contribution in [3.63, 3.8) is 0 Å². The van der Waals surface area contributed by atoms with E-state index in [9.17, 15) is 9.59 Å². The molecule has 1 rings (SSSR count). The number of aliphatic carboxylic acids is 1. The Morgan fingerprint density at radius 1 is 1.39 bits per heavy atom. The summed E-state index contributed by atoms with van der Waals surface area (Å²) in [4.78, 5) is 25.0. The first-order valence-corrected chi connectivity index (χ1v) is 6.70. The molecule has 0 aliphatic heterocycles. The molecular formula is C13H24N2O3. The molecule has 5 nitrogen and oxygen atoms in total. The Balaban J connectivity index is 2.80. The van der Waals surface area contributed by atoms with Crippen LogP contribution in [0.4, 0.5) is 0 Å². The van der Waals surface area contributed by atoms with Crippen LogP contribution in [0.3, 0.4) is 0 Å². The van der Waals surface area contributed by atoms with Crippen molar-refractivity contribution >= 4 is 11.9 Å². The molecule has 0 spiro atoms. The van der Waals surface area contributed by atoms with E-state index in [1.807, 2.05) is 6.92 Å². The zero-order valence-corrected chi connectivity index (χ0v) is 11.3. The second-order valence-corrected chi connectivity index (χ2v) is 5.23. The van der Waals surface area contributed by atoms with Gasteiger partial charge in [0.05, 0.1) is 11.8 Å². The highest BCUT2D eigenvalue weighted by Gasteiger charge is 2.43. The predicted octanol–water partition coefficient (Wildman–Crippen LogP) is 1.22. The predicted molar refractivity (Wildman–Crippen MR) is 69.1 cm³/mol. The number of rotatable bonds is 6. The number of carboxylic acid groups (broad SMARTS) is 1. The third-order valence-electron chi connectivity index (χ3n) is 4.01. The number of carbonyl (C=O) groups excluding carboxylic acids is 1. The minimum Gasteiger partial charge on any atom is -0.481 e. The molecule has 1 fully saturated rings. The Kier molecular flexibility index (Phi) is 5.14. The molecule has 104 valence electrons. The van der Waals surface area contributed by atoms with Crippen molar-refractivity contribution in [1.29, 1.82) is 0 Å². The molecule has 1 unspecified atom stereocenters. The Morgan fingerprint density at radius 3 is 2.33 bits per heavy atom. The Labute approximate surface area is 108 Å². The van der Waals surface area contributed by atoms with Gasteiger partial charge in [-0.2, -0.15) is 0 Å². The fourth-order valence-corrected chi connectivity index (χ4v) is 2.88. The van der Waals surface area contributed by atoms with Crippen molar-refractivity contribution in [2.45, 2.75) is 52.0 Å². The minimum atomic E-state index is -0.873. The van der Waals surface area contributed by atoms with Crippen LogP contribution in [0.15, 0.2) is 0 Å². The van der Waals surface area contributed by atoms with Crippen molar-refractivity contribution in [3.8, 4) is 0 Å². The lowest BCUT2D eigenvalue weighted by atomic mass is 9.84. The number of carboxylic acids is 1. The summed E-state index contributed by atoms with van der Waals surface area (Å²) < 4.78 is 0. The van der Waals surface area contributed by atoms with E-state index in [0.717, 1.165) is 25.7 Å². The van der Waals surface area contributed by atoms with E-state index in [4.69, 9.17) is 10.8 Å². The average molecular weight is 256 g/mol. The first-order valence-electron chi connectivity index (χ1n) is 6.70. The maximum absolute atomic E-state index is 12.6. The summed E-state index contributed by atoms with van der Waals surface area (Å²) >= 11 is 0. The quantitative estimate of drug-likeness (QED) is 0.748. The number of amides is 1. The molecule has 1 atom stereocenters. The van der Waals surface area contributed by atoms with Crippen LogP contribution in [-0.4, -0.2) is 41.0 Å². The van der Waals surface area contributed by atoms with Crippen molar-refractivity contribution < 1.29 is 14.7 Å². The minimum absolute atomic E-state index is 0.0137. The van der Waals surface area contributed by atoms with Crippen LogP contribution in [0.5, 0.6) is 0 Å². The van der Waals surface area contributed by atoms with E-state index in [-0.39, 0.29) is 18.4 Å². The van der Waals surface area contributed by atoms with E-state index >= 15 is 0 Å². The summed E-state index contributed by atoms with van der Waals surface area (Å²) in [7, 11) is 0. The normalized spacial score (nSPS) is 19.5. The molecule has 0 radical (unpaired) electrons. The largest absolute Gasteiger partial charge is 0.481 e.